The van der Waals surface area contributed by atoms with Crippen LogP contribution in [0, 0.1) is 11.3 Å². The van der Waals surface area contributed by atoms with E-state index in [-0.39, 0.29) is 5.54 Å². The Morgan fingerprint density at radius 3 is 2.55 bits per heavy atom. The van der Waals surface area contributed by atoms with E-state index in [0.717, 1.165) is 29.8 Å². The Labute approximate surface area is 120 Å². The monoisotopic (exact) mass is 270 g/mol. The van der Waals surface area contributed by atoms with Gasteiger partial charge in [0.05, 0.1) is 22.7 Å². The lowest BCUT2D eigenvalue weighted by molar-refractivity contribution is 0.370. The van der Waals surface area contributed by atoms with E-state index in [1.165, 1.54) is 0 Å². The van der Waals surface area contributed by atoms with Gasteiger partial charge in [-0.25, -0.2) is 4.98 Å². The van der Waals surface area contributed by atoms with Gasteiger partial charge < -0.3 is 9.47 Å². The van der Waals surface area contributed by atoms with Crippen molar-refractivity contribution in [3.8, 4) is 6.07 Å². The van der Waals surface area contributed by atoms with Crippen LogP contribution in [0.4, 0.5) is 0 Å². The molecule has 106 valence electrons. The van der Waals surface area contributed by atoms with Crippen LogP contribution >= 0.6 is 0 Å². The number of rotatable bonds is 3. The molecule has 0 amide bonds. The van der Waals surface area contributed by atoms with E-state index in [1.54, 1.807) is 0 Å². The molecule has 0 saturated carbocycles. The van der Waals surface area contributed by atoms with Gasteiger partial charge in [-0.05, 0) is 53.1 Å². The summed E-state index contributed by atoms with van der Waals surface area (Å²) in [7, 11) is 4.13. The summed E-state index contributed by atoms with van der Waals surface area (Å²) in [6.07, 6.45) is 0.904. The van der Waals surface area contributed by atoms with E-state index >= 15 is 0 Å². The number of nitrogens with zero attached hydrogens (tertiary/aromatic N) is 4. The molecule has 0 atom stereocenters. The summed E-state index contributed by atoms with van der Waals surface area (Å²) in [5.74, 6) is 1.08. The van der Waals surface area contributed by atoms with Crippen molar-refractivity contribution in [1.29, 1.82) is 5.26 Å². The highest BCUT2D eigenvalue weighted by Gasteiger charge is 2.21. The maximum atomic E-state index is 9.02. The van der Waals surface area contributed by atoms with E-state index in [1.807, 2.05) is 18.2 Å². The summed E-state index contributed by atoms with van der Waals surface area (Å²) in [4.78, 5) is 6.90. The van der Waals surface area contributed by atoms with E-state index in [0.29, 0.717) is 5.56 Å². The lowest BCUT2D eigenvalue weighted by Crippen LogP contribution is -2.26. The maximum absolute atomic E-state index is 9.02. The van der Waals surface area contributed by atoms with E-state index < -0.39 is 0 Å². The molecule has 0 aliphatic rings. The molecule has 2 aromatic rings. The Morgan fingerprint density at radius 1 is 1.30 bits per heavy atom. The predicted octanol–water partition coefficient (Wildman–Crippen LogP) is 2.77. The predicted molar refractivity (Wildman–Crippen MR) is 81.7 cm³/mol. The van der Waals surface area contributed by atoms with Crippen LogP contribution < -0.4 is 0 Å². The van der Waals surface area contributed by atoms with Crippen molar-refractivity contribution >= 4 is 11.0 Å². The van der Waals surface area contributed by atoms with Crippen LogP contribution in [0.3, 0.4) is 0 Å². The topological polar surface area (TPSA) is 44.9 Å². The Balaban J connectivity index is 2.57. The van der Waals surface area contributed by atoms with Crippen LogP contribution in [0.25, 0.3) is 11.0 Å². The Bertz CT molecular complexity index is 653. The van der Waals surface area contributed by atoms with Gasteiger partial charge in [0.2, 0.25) is 0 Å². The van der Waals surface area contributed by atoms with Gasteiger partial charge in [-0.3, -0.25) is 0 Å². The molecule has 1 aromatic heterocycles. The average molecular weight is 270 g/mol. The number of benzene rings is 1. The smallest absolute Gasteiger partial charge is 0.111 e. The number of fused-ring (bicyclic) bond motifs is 1. The average Bonchev–Trinajstić information content (AvgIpc) is 2.73. The number of aromatic nitrogens is 2. The van der Waals surface area contributed by atoms with Crippen molar-refractivity contribution in [1.82, 2.24) is 14.5 Å². The number of hydrogen-bond donors (Lipinski definition) is 0. The van der Waals surface area contributed by atoms with Crippen LogP contribution in [-0.4, -0.2) is 35.1 Å². The van der Waals surface area contributed by atoms with E-state index in [4.69, 9.17) is 10.2 Å². The third-order valence-electron chi connectivity index (χ3n) is 3.31. The van der Waals surface area contributed by atoms with Gasteiger partial charge in [0.15, 0.2) is 0 Å². The third-order valence-corrected chi connectivity index (χ3v) is 3.31. The molecule has 1 heterocycles. The van der Waals surface area contributed by atoms with Crippen LogP contribution in [0.2, 0.25) is 0 Å². The lowest BCUT2D eigenvalue weighted by atomic mass is 10.1. The molecule has 1 aromatic carbocycles. The van der Waals surface area contributed by atoms with Crippen LogP contribution in [0.5, 0.6) is 0 Å². The fourth-order valence-electron chi connectivity index (χ4n) is 2.44. The molecule has 20 heavy (non-hydrogen) atoms. The zero-order valence-corrected chi connectivity index (χ0v) is 12.9. The standard InChI is InChI=1S/C16H22N4/c1-16(2,3)20-14-7-6-12(11-17)10-13(14)18-15(20)8-9-19(4)5/h6-7,10H,8-9H2,1-5H3. The molecule has 4 heteroatoms. The first-order chi connectivity index (χ1) is 9.32. The largest absolute Gasteiger partial charge is 0.323 e. The van der Waals surface area contributed by atoms with Gasteiger partial charge in [0, 0.05) is 18.5 Å². The minimum absolute atomic E-state index is 0.0233. The van der Waals surface area contributed by atoms with Gasteiger partial charge in [-0.2, -0.15) is 5.26 Å². The maximum Gasteiger partial charge on any atom is 0.111 e. The van der Waals surface area contributed by atoms with E-state index in [2.05, 4.69) is 50.4 Å². The third kappa shape index (κ3) is 2.83. The van der Waals surface area contributed by atoms with Gasteiger partial charge in [-0.1, -0.05) is 0 Å². The summed E-state index contributed by atoms with van der Waals surface area (Å²) < 4.78 is 2.28. The molecular formula is C16H22N4. The highest BCUT2D eigenvalue weighted by atomic mass is 15.1. The second-order valence-electron chi connectivity index (χ2n) is 6.40. The molecule has 0 N–H and O–H groups in total. The molecule has 0 unspecified atom stereocenters. The van der Waals surface area contributed by atoms with Gasteiger partial charge >= 0.3 is 0 Å². The SMILES string of the molecule is CN(C)CCc1nc2cc(C#N)ccc2n1C(C)(C)C. The second kappa shape index (κ2) is 5.26. The van der Waals surface area contributed by atoms with Crippen LogP contribution in [-0.2, 0) is 12.0 Å². The zero-order chi connectivity index (χ0) is 14.9. The number of imidazole rings is 1. The van der Waals surface area contributed by atoms with Gasteiger partial charge in [0.1, 0.15) is 5.82 Å². The number of likely N-dealkylation sites (N-methyl/N-ethyl adjacent to an activating group) is 1. The van der Waals surface area contributed by atoms with Crippen LogP contribution in [0.15, 0.2) is 18.2 Å². The molecule has 0 radical (unpaired) electrons. The Kier molecular flexibility index (Phi) is 3.82. The minimum Gasteiger partial charge on any atom is -0.323 e. The summed E-state index contributed by atoms with van der Waals surface area (Å²) in [5.41, 5.74) is 2.65. The molecule has 2 rings (SSSR count). The Hall–Kier alpha value is -1.86. The molecule has 4 nitrogen and oxygen atoms in total. The molecule has 0 spiro atoms. The Morgan fingerprint density at radius 2 is 2.00 bits per heavy atom. The van der Waals surface area contributed by atoms with Crippen molar-refractivity contribution in [2.24, 2.45) is 0 Å². The normalized spacial score (nSPS) is 12.1. The molecule has 0 aliphatic carbocycles. The molecule has 0 fully saturated rings. The fraction of sp³-hybridized carbons (Fsp3) is 0.500. The highest BCUT2D eigenvalue weighted by molar-refractivity contribution is 5.78. The minimum atomic E-state index is -0.0233. The van der Waals surface area contributed by atoms with Crippen molar-refractivity contribution in [2.45, 2.75) is 32.7 Å². The number of hydrogen-bond acceptors (Lipinski definition) is 3. The van der Waals surface area contributed by atoms with Crippen molar-refractivity contribution in [2.75, 3.05) is 20.6 Å². The first kappa shape index (κ1) is 14.5. The van der Waals surface area contributed by atoms with Gasteiger partial charge in [0.25, 0.3) is 0 Å². The quantitative estimate of drug-likeness (QED) is 0.861. The van der Waals surface area contributed by atoms with Crippen molar-refractivity contribution < 1.29 is 0 Å². The summed E-state index contributed by atoms with van der Waals surface area (Å²) in [6.45, 7) is 7.52. The van der Waals surface area contributed by atoms with Crippen molar-refractivity contribution in [3.05, 3.63) is 29.6 Å². The summed E-state index contributed by atoms with van der Waals surface area (Å²) in [5, 5.41) is 9.02. The lowest BCUT2D eigenvalue weighted by Gasteiger charge is -2.25. The first-order valence-electron chi connectivity index (χ1n) is 6.89. The number of nitriles is 1. The van der Waals surface area contributed by atoms with E-state index in [9.17, 15) is 0 Å². The first-order valence-corrected chi connectivity index (χ1v) is 6.89. The molecule has 0 saturated heterocycles. The van der Waals surface area contributed by atoms with Gasteiger partial charge in [-0.15, -0.1) is 0 Å². The highest BCUT2D eigenvalue weighted by Crippen LogP contribution is 2.26. The van der Waals surface area contributed by atoms with Crippen molar-refractivity contribution in [3.63, 3.8) is 0 Å². The zero-order valence-electron chi connectivity index (χ0n) is 12.9. The molecule has 0 aliphatic heterocycles. The molecule has 0 bridgehead atoms. The summed E-state index contributed by atoms with van der Waals surface area (Å²) >= 11 is 0. The summed E-state index contributed by atoms with van der Waals surface area (Å²) in [6, 6.07) is 7.92. The molecular weight excluding hydrogens is 248 g/mol. The van der Waals surface area contributed by atoms with Crippen LogP contribution in [0.1, 0.15) is 32.2 Å². The fourth-order valence-corrected chi connectivity index (χ4v) is 2.44. The second-order valence-corrected chi connectivity index (χ2v) is 6.40.